The molecule has 1 unspecified atom stereocenters. The minimum atomic E-state index is -0.587. The van der Waals surface area contributed by atoms with Gasteiger partial charge in [-0.25, -0.2) is 4.39 Å². The van der Waals surface area contributed by atoms with Crippen LogP contribution in [0.25, 0.3) is 0 Å². The zero-order chi connectivity index (χ0) is 12.8. The molecular formula is C11H14FNO3S. The zero-order valence-corrected chi connectivity index (χ0v) is 10.3. The molecule has 94 valence electrons. The van der Waals surface area contributed by atoms with E-state index in [0.717, 1.165) is 24.6 Å². The number of halogens is 1. The van der Waals surface area contributed by atoms with Crippen LogP contribution in [-0.4, -0.2) is 17.3 Å². The topological polar surface area (TPSA) is 52.4 Å². The van der Waals surface area contributed by atoms with Gasteiger partial charge in [-0.2, -0.15) is 12.6 Å². The van der Waals surface area contributed by atoms with Crippen LogP contribution in [0.2, 0.25) is 0 Å². The number of hydrogen-bond acceptors (Lipinski definition) is 4. The summed E-state index contributed by atoms with van der Waals surface area (Å²) in [5.74, 6) is 0.237. The Morgan fingerprint density at radius 3 is 2.82 bits per heavy atom. The molecule has 0 aliphatic carbocycles. The first-order valence-corrected chi connectivity index (χ1v) is 5.89. The maximum absolute atomic E-state index is 13.0. The van der Waals surface area contributed by atoms with Crippen molar-refractivity contribution in [2.24, 2.45) is 5.92 Å². The minimum absolute atomic E-state index is 0.0322. The van der Waals surface area contributed by atoms with Gasteiger partial charge in [0.25, 0.3) is 0 Å². The highest BCUT2D eigenvalue weighted by molar-refractivity contribution is 7.80. The van der Waals surface area contributed by atoms with Gasteiger partial charge >= 0.3 is 5.69 Å². The maximum Gasteiger partial charge on any atom is 0.311 e. The lowest BCUT2D eigenvalue weighted by Gasteiger charge is -2.13. The SMILES string of the molecule is CCC(CS)COc1cc(F)ccc1[N+](=O)[O-]. The van der Waals surface area contributed by atoms with Crippen LogP contribution < -0.4 is 4.74 Å². The molecule has 0 aromatic heterocycles. The van der Waals surface area contributed by atoms with Crippen LogP contribution in [-0.2, 0) is 0 Å². The Kier molecular flexibility index (Phi) is 5.21. The van der Waals surface area contributed by atoms with Crippen molar-refractivity contribution in [3.63, 3.8) is 0 Å². The maximum atomic E-state index is 13.0. The number of rotatable bonds is 6. The number of nitro benzene ring substituents is 1. The highest BCUT2D eigenvalue weighted by Crippen LogP contribution is 2.28. The number of benzene rings is 1. The minimum Gasteiger partial charge on any atom is -0.486 e. The smallest absolute Gasteiger partial charge is 0.311 e. The lowest BCUT2D eigenvalue weighted by molar-refractivity contribution is -0.386. The lowest BCUT2D eigenvalue weighted by atomic mass is 10.1. The molecule has 1 aromatic carbocycles. The molecule has 1 aromatic rings. The number of nitro groups is 1. The molecule has 1 rings (SSSR count). The first kappa shape index (κ1) is 13.8. The molecular weight excluding hydrogens is 245 g/mol. The van der Waals surface area contributed by atoms with Crippen molar-refractivity contribution in [1.29, 1.82) is 0 Å². The molecule has 0 amide bonds. The zero-order valence-electron chi connectivity index (χ0n) is 9.43. The van der Waals surface area contributed by atoms with Crippen molar-refractivity contribution >= 4 is 18.3 Å². The largest absolute Gasteiger partial charge is 0.486 e. The summed E-state index contributed by atoms with van der Waals surface area (Å²) in [5, 5.41) is 10.7. The molecule has 1 atom stereocenters. The van der Waals surface area contributed by atoms with E-state index >= 15 is 0 Å². The highest BCUT2D eigenvalue weighted by Gasteiger charge is 2.17. The van der Waals surface area contributed by atoms with Gasteiger partial charge in [0.1, 0.15) is 5.82 Å². The summed E-state index contributed by atoms with van der Waals surface area (Å²) < 4.78 is 18.3. The van der Waals surface area contributed by atoms with E-state index in [-0.39, 0.29) is 17.4 Å². The molecule has 17 heavy (non-hydrogen) atoms. The van der Waals surface area contributed by atoms with Gasteiger partial charge in [-0.15, -0.1) is 0 Å². The first-order valence-electron chi connectivity index (χ1n) is 5.26. The van der Waals surface area contributed by atoms with Gasteiger partial charge in [0.15, 0.2) is 5.75 Å². The normalized spacial score (nSPS) is 12.2. The van der Waals surface area contributed by atoms with Gasteiger partial charge in [-0.1, -0.05) is 6.92 Å². The summed E-state index contributed by atoms with van der Waals surface area (Å²) in [6, 6.07) is 3.18. The second-order valence-corrected chi connectivity index (χ2v) is 4.00. The van der Waals surface area contributed by atoms with Crippen LogP contribution in [0.1, 0.15) is 13.3 Å². The summed E-state index contributed by atoms with van der Waals surface area (Å²) >= 11 is 4.14. The van der Waals surface area contributed by atoms with E-state index < -0.39 is 10.7 Å². The van der Waals surface area contributed by atoms with Gasteiger partial charge in [-0.3, -0.25) is 10.1 Å². The average Bonchev–Trinajstić information content (AvgIpc) is 2.30. The number of hydrogen-bond donors (Lipinski definition) is 1. The summed E-state index contributed by atoms with van der Waals surface area (Å²) in [5.41, 5.74) is -0.222. The van der Waals surface area contributed by atoms with Crippen molar-refractivity contribution in [2.75, 3.05) is 12.4 Å². The second-order valence-electron chi connectivity index (χ2n) is 3.64. The summed E-state index contributed by atoms with van der Waals surface area (Å²) in [4.78, 5) is 10.1. The number of thiol groups is 1. The van der Waals surface area contributed by atoms with Crippen LogP contribution in [0.15, 0.2) is 18.2 Å². The third kappa shape index (κ3) is 3.89. The van der Waals surface area contributed by atoms with E-state index in [1.807, 2.05) is 6.92 Å². The van der Waals surface area contributed by atoms with Crippen molar-refractivity contribution in [1.82, 2.24) is 0 Å². The molecule has 0 aliphatic rings. The second kappa shape index (κ2) is 6.44. The molecule has 0 N–H and O–H groups in total. The Hall–Kier alpha value is -1.30. The third-order valence-corrected chi connectivity index (χ3v) is 2.95. The van der Waals surface area contributed by atoms with Crippen molar-refractivity contribution in [3.05, 3.63) is 34.1 Å². The van der Waals surface area contributed by atoms with Crippen molar-refractivity contribution < 1.29 is 14.1 Å². The summed E-state index contributed by atoms with van der Waals surface area (Å²) in [6.07, 6.45) is 0.854. The van der Waals surface area contributed by atoms with Crippen LogP contribution in [0.4, 0.5) is 10.1 Å². The van der Waals surface area contributed by atoms with Gasteiger partial charge in [0.05, 0.1) is 11.5 Å². The lowest BCUT2D eigenvalue weighted by Crippen LogP contribution is -2.13. The Labute approximate surface area is 104 Å². The Bertz CT molecular complexity index is 396. The number of ether oxygens (including phenoxy) is 1. The Morgan fingerprint density at radius 2 is 2.29 bits per heavy atom. The first-order chi connectivity index (χ1) is 8.08. The number of nitrogens with zero attached hydrogens (tertiary/aromatic N) is 1. The van der Waals surface area contributed by atoms with Crippen molar-refractivity contribution in [3.8, 4) is 5.75 Å². The quantitative estimate of drug-likeness (QED) is 0.485. The summed E-state index contributed by atoms with van der Waals surface area (Å²) in [7, 11) is 0. The predicted molar refractivity (Wildman–Crippen MR) is 66.2 cm³/mol. The predicted octanol–water partition coefficient (Wildman–Crippen LogP) is 3.07. The molecule has 0 radical (unpaired) electrons. The molecule has 0 spiro atoms. The highest BCUT2D eigenvalue weighted by atomic mass is 32.1. The molecule has 0 bridgehead atoms. The molecule has 0 saturated carbocycles. The van der Waals surface area contributed by atoms with E-state index in [4.69, 9.17) is 4.74 Å². The average molecular weight is 259 g/mol. The fourth-order valence-electron chi connectivity index (χ4n) is 1.26. The van der Waals surface area contributed by atoms with Crippen molar-refractivity contribution in [2.45, 2.75) is 13.3 Å². The van der Waals surface area contributed by atoms with E-state index in [0.29, 0.717) is 12.4 Å². The van der Waals surface area contributed by atoms with Crippen LogP contribution in [0.5, 0.6) is 5.75 Å². The molecule has 6 heteroatoms. The van der Waals surface area contributed by atoms with E-state index in [1.54, 1.807) is 0 Å². The fourth-order valence-corrected chi connectivity index (χ4v) is 1.63. The Morgan fingerprint density at radius 1 is 1.59 bits per heavy atom. The molecule has 0 aliphatic heterocycles. The van der Waals surface area contributed by atoms with E-state index in [2.05, 4.69) is 12.6 Å². The molecule has 4 nitrogen and oxygen atoms in total. The van der Waals surface area contributed by atoms with Gasteiger partial charge < -0.3 is 4.74 Å². The monoisotopic (exact) mass is 259 g/mol. The van der Waals surface area contributed by atoms with Crippen LogP contribution >= 0.6 is 12.6 Å². The van der Waals surface area contributed by atoms with Crippen LogP contribution in [0, 0.1) is 21.8 Å². The third-order valence-electron chi connectivity index (χ3n) is 2.43. The van der Waals surface area contributed by atoms with Gasteiger partial charge in [0.2, 0.25) is 0 Å². The standard InChI is InChI=1S/C11H14FNO3S/c1-2-8(7-17)6-16-11-5-9(12)3-4-10(11)13(14)15/h3-5,8,17H,2,6-7H2,1H3. The molecule has 0 heterocycles. The van der Waals surface area contributed by atoms with E-state index in [9.17, 15) is 14.5 Å². The van der Waals surface area contributed by atoms with Gasteiger partial charge in [-0.05, 0) is 18.2 Å². The van der Waals surface area contributed by atoms with Gasteiger partial charge in [0, 0.05) is 18.1 Å². The Balaban J connectivity index is 2.81. The molecule has 0 fully saturated rings. The fraction of sp³-hybridized carbons (Fsp3) is 0.455. The van der Waals surface area contributed by atoms with E-state index in [1.165, 1.54) is 0 Å². The molecule has 0 saturated heterocycles. The summed E-state index contributed by atoms with van der Waals surface area (Å²) in [6.45, 7) is 2.27. The van der Waals surface area contributed by atoms with Crippen LogP contribution in [0.3, 0.4) is 0 Å².